The minimum atomic E-state index is -0.406. The Morgan fingerprint density at radius 1 is 1.18 bits per heavy atom. The number of nitrogens with one attached hydrogen (secondary N) is 1. The lowest BCUT2D eigenvalue weighted by Gasteiger charge is -2.03. The van der Waals surface area contributed by atoms with Gasteiger partial charge in [-0.1, -0.05) is 6.07 Å². The SMILES string of the molecule is COc1ccc(C=Nc2cccc3[nH]c(=O)ccc23)c(F)c1. The second-order valence-electron chi connectivity index (χ2n) is 4.71. The van der Waals surface area contributed by atoms with Crippen LogP contribution in [0.25, 0.3) is 10.9 Å². The smallest absolute Gasteiger partial charge is 0.248 e. The Kier molecular flexibility index (Phi) is 3.70. The molecule has 0 fully saturated rings. The molecule has 5 heteroatoms. The van der Waals surface area contributed by atoms with E-state index < -0.39 is 5.82 Å². The van der Waals surface area contributed by atoms with Gasteiger partial charge in [0, 0.05) is 29.3 Å². The van der Waals surface area contributed by atoms with E-state index in [-0.39, 0.29) is 5.56 Å². The van der Waals surface area contributed by atoms with E-state index in [1.54, 1.807) is 36.4 Å². The van der Waals surface area contributed by atoms with Crippen molar-refractivity contribution in [3.05, 3.63) is 70.3 Å². The molecule has 4 nitrogen and oxygen atoms in total. The van der Waals surface area contributed by atoms with Gasteiger partial charge in [0.25, 0.3) is 0 Å². The second-order valence-corrected chi connectivity index (χ2v) is 4.71. The number of H-pyrrole nitrogens is 1. The lowest BCUT2D eigenvalue weighted by atomic mass is 10.2. The van der Waals surface area contributed by atoms with Gasteiger partial charge in [-0.3, -0.25) is 9.79 Å². The molecular weight excluding hydrogens is 283 g/mol. The molecule has 0 amide bonds. The third kappa shape index (κ3) is 2.74. The number of fused-ring (bicyclic) bond motifs is 1. The fourth-order valence-electron chi connectivity index (χ4n) is 2.16. The fourth-order valence-corrected chi connectivity index (χ4v) is 2.16. The molecule has 0 aliphatic heterocycles. The van der Waals surface area contributed by atoms with E-state index in [1.807, 2.05) is 0 Å². The van der Waals surface area contributed by atoms with Crippen LogP contribution in [-0.4, -0.2) is 18.3 Å². The molecule has 0 atom stereocenters. The van der Waals surface area contributed by atoms with Crippen LogP contribution in [-0.2, 0) is 0 Å². The van der Waals surface area contributed by atoms with Crippen molar-refractivity contribution in [2.24, 2.45) is 4.99 Å². The summed E-state index contributed by atoms with van der Waals surface area (Å²) in [6.45, 7) is 0. The van der Waals surface area contributed by atoms with E-state index in [0.717, 1.165) is 5.39 Å². The average molecular weight is 296 g/mol. The Bertz CT molecular complexity index is 916. The number of halogens is 1. The molecule has 0 saturated carbocycles. The van der Waals surface area contributed by atoms with Gasteiger partial charge in [-0.25, -0.2) is 4.39 Å². The van der Waals surface area contributed by atoms with Crippen molar-refractivity contribution in [3.63, 3.8) is 0 Å². The second kappa shape index (κ2) is 5.81. The number of benzene rings is 2. The largest absolute Gasteiger partial charge is 0.497 e. The van der Waals surface area contributed by atoms with Gasteiger partial charge >= 0.3 is 0 Å². The number of ether oxygens (including phenoxy) is 1. The minimum absolute atomic E-state index is 0.171. The third-order valence-electron chi connectivity index (χ3n) is 3.29. The van der Waals surface area contributed by atoms with Gasteiger partial charge in [-0.15, -0.1) is 0 Å². The molecule has 1 aromatic heterocycles. The zero-order valence-corrected chi connectivity index (χ0v) is 11.8. The predicted octanol–water partition coefficient (Wildman–Crippen LogP) is 3.43. The fraction of sp³-hybridized carbons (Fsp3) is 0.0588. The number of rotatable bonds is 3. The first kappa shape index (κ1) is 14.0. The van der Waals surface area contributed by atoms with Crippen molar-refractivity contribution in [2.45, 2.75) is 0 Å². The van der Waals surface area contributed by atoms with E-state index in [2.05, 4.69) is 9.98 Å². The maximum atomic E-state index is 13.9. The van der Waals surface area contributed by atoms with Crippen molar-refractivity contribution >= 4 is 22.8 Å². The van der Waals surface area contributed by atoms with Crippen molar-refractivity contribution in [2.75, 3.05) is 7.11 Å². The molecule has 1 heterocycles. The van der Waals surface area contributed by atoms with Crippen LogP contribution >= 0.6 is 0 Å². The number of aromatic nitrogens is 1. The number of hydrogen-bond acceptors (Lipinski definition) is 3. The number of aliphatic imine (C=N–C) groups is 1. The zero-order valence-electron chi connectivity index (χ0n) is 11.8. The Labute approximate surface area is 125 Å². The van der Waals surface area contributed by atoms with Gasteiger partial charge in [0.05, 0.1) is 18.3 Å². The normalized spacial score (nSPS) is 11.2. The van der Waals surface area contributed by atoms with E-state index >= 15 is 0 Å². The van der Waals surface area contributed by atoms with Crippen LogP contribution in [0.5, 0.6) is 5.75 Å². The maximum absolute atomic E-state index is 13.9. The van der Waals surface area contributed by atoms with Gasteiger partial charge in [0.15, 0.2) is 0 Å². The monoisotopic (exact) mass is 296 g/mol. The van der Waals surface area contributed by atoms with E-state index in [4.69, 9.17) is 4.74 Å². The summed E-state index contributed by atoms with van der Waals surface area (Å²) in [6, 6.07) is 13.1. The number of aromatic amines is 1. The summed E-state index contributed by atoms with van der Waals surface area (Å²) in [5, 5.41) is 0.798. The first-order valence-corrected chi connectivity index (χ1v) is 6.67. The molecule has 0 spiro atoms. The van der Waals surface area contributed by atoms with Gasteiger partial charge in [-0.05, 0) is 30.3 Å². The van der Waals surface area contributed by atoms with Crippen LogP contribution in [0.15, 0.2) is 58.3 Å². The minimum Gasteiger partial charge on any atom is -0.497 e. The van der Waals surface area contributed by atoms with Crippen molar-refractivity contribution < 1.29 is 9.13 Å². The number of hydrogen-bond donors (Lipinski definition) is 1. The van der Waals surface area contributed by atoms with E-state index in [0.29, 0.717) is 22.5 Å². The van der Waals surface area contributed by atoms with Crippen LogP contribution in [0.2, 0.25) is 0 Å². The molecule has 3 aromatic rings. The summed E-state index contributed by atoms with van der Waals surface area (Å²) in [4.78, 5) is 18.4. The summed E-state index contributed by atoms with van der Waals surface area (Å²) in [5.41, 5.74) is 1.54. The summed E-state index contributed by atoms with van der Waals surface area (Å²) in [5.74, 6) is 0.0501. The lowest BCUT2D eigenvalue weighted by Crippen LogP contribution is -2.01. The van der Waals surface area contributed by atoms with Gasteiger partial charge in [-0.2, -0.15) is 0 Å². The molecule has 3 rings (SSSR count). The Morgan fingerprint density at radius 3 is 2.82 bits per heavy atom. The predicted molar refractivity (Wildman–Crippen MR) is 84.8 cm³/mol. The molecule has 1 N–H and O–H groups in total. The van der Waals surface area contributed by atoms with Crippen LogP contribution in [0.1, 0.15) is 5.56 Å². The molecule has 2 aromatic carbocycles. The summed E-state index contributed by atoms with van der Waals surface area (Å²) < 4.78 is 18.9. The molecule has 0 saturated heterocycles. The van der Waals surface area contributed by atoms with Crippen molar-refractivity contribution in [1.82, 2.24) is 4.98 Å². The number of methoxy groups -OCH3 is 1. The molecule has 0 bridgehead atoms. The molecule has 0 aliphatic rings. The Balaban J connectivity index is 2.01. The topological polar surface area (TPSA) is 54.4 Å². The van der Waals surface area contributed by atoms with Gasteiger partial charge < -0.3 is 9.72 Å². The molecule has 0 unspecified atom stereocenters. The lowest BCUT2D eigenvalue weighted by molar-refractivity contribution is 0.411. The Morgan fingerprint density at radius 2 is 2.05 bits per heavy atom. The molecule has 110 valence electrons. The van der Waals surface area contributed by atoms with Crippen LogP contribution < -0.4 is 10.3 Å². The standard InChI is InChI=1S/C17H13FN2O2/c1-22-12-6-5-11(14(18)9-12)10-19-15-3-2-4-16-13(15)7-8-17(21)20-16/h2-10H,1H3,(H,20,21). The summed E-state index contributed by atoms with van der Waals surface area (Å²) in [6.07, 6.45) is 1.45. The van der Waals surface area contributed by atoms with Gasteiger partial charge in [0.1, 0.15) is 11.6 Å². The number of nitrogens with zero attached hydrogens (tertiary/aromatic N) is 1. The zero-order chi connectivity index (χ0) is 15.5. The highest BCUT2D eigenvalue weighted by molar-refractivity contribution is 5.93. The summed E-state index contributed by atoms with van der Waals surface area (Å²) in [7, 11) is 1.49. The molecular formula is C17H13FN2O2. The first-order chi connectivity index (χ1) is 10.7. The molecule has 22 heavy (non-hydrogen) atoms. The van der Waals surface area contributed by atoms with E-state index in [9.17, 15) is 9.18 Å². The molecule has 0 radical (unpaired) electrons. The van der Waals surface area contributed by atoms with Crippen molar-refractivity contribution in [3.8, 4) is 5.75 Å². The maximum Gasteiger partial charge on any atom is 0.248 e. The third-order valence-corrected chi connectivity index (χ3v) is 3.29. The first-order valence-electron chi connectivity index (χ1n) is 6.67. The molecule has 0 aliphatic carbocycles. The van der Waals surface area contributed by atoms with Crippen molar-refractivity contribution in [1.29, 1.82) is 0 Å². The number of pyridine rings is 1. The highest BCUT2D eigenvalue weighted by Crippen LogP contribution is 2.24. The average Bonchev–Trinajstić information content (AvgIpc) is 2.53. The highest BCUT2D eigenvalue weighted by Gasteiger charge is 2.03. The highest BCUT2D eigenvalue weighted by atomic mass is 19.1. The quantitative estimate of drug-likeness (QED) is 0.753. The van der Waals surface area contributed by atoms with Crippen LogP contribution in [0.4, 0.5) is 10.1 Å². The van der Waals surface area contributed by atoms with Gasteiger partial charge in [0.2, 0.25) is 5.56 Å². The van der Waals surface area contributed by atoms with Crippen LogP contribution in [0.3, 0.4) is 0 Å². The van der Waals surface area contributed by atoms with Crippen LogP contribution in [0, 0.1) is 5.82 Å². The summed E-state index contributed by atoms with van der Waals surface area (Å²) >= 11 is 0. The Hall–Kier alpha value is -2.95. The van der Waals surface area contributed by atoms with E-state index in [1.165, 1.54) is 25.5 Å².